The van der Waals surface area contributed by atoms with E-state index >= 15 is 0 Å². The summed E-state index contributed by atoms with van der Waals surface area (Å²) in [4.78, 5) is 0. The minimum Gasteiger partial charge on any atom is -0.484 e. The fraction of sp³-hybridized carbons (Fsp3) is 0.571. The molecule has 1 fully saturated rings. The van der Waals surface area contributed by atoms with Gasteiger partial charge in [0.25, 0.3) is 0 Å². The molecule has 0 saturated heterocycles. The Labute approximate surface area is 113 Å². The van der Waals surface area contributed by atoms with Gasteiger partial charge in [-0.1, -0.05) is 19.3 Å². The normalized spacial score (nSPS) is 16.7. The maximum Gasteiger partial charge on any atom is 0.157 e. The van der Waals surface area contributed by atoms with Gasteiger partial charge < -0.3 is 4.74 Å². The van der Waals surface area contributed by atoms with Gasteiger partial charge in [0.15, 0.2) is 5.75 Å². The topological polar surface area (TPSA) is 44.9 Å². The third kappa shape index (κ3) is 2.97. The lowest BCUT2D eigenvalue weighted by atomic mass is 9.96. The molecule has 0 radical (unpaired) electrons. The average Bonchev–Trinajstić information content (AvgIpc) is 3.06. The summed E-state index contributed by atoms with van der Waals surface area (Å²) in [6.07, 6.45) is 12.2. The summed E-state index contributed by atoms with van der Waals surface area (Å²) in [6, 6.07) is 2.63. The Morgan fingerprint density at radius 3 is 2.89 bits per heavy atom. The van der Waals surface area contributed by atoms with E-state index in [2.05, 4.69) is 21.1 Å². The smallest absolute Gasteiger partial charge is 0.157 e. The molecular formula is C14H20N4O. The molecule has 102 valence electrons. The van der Waals surface area contributed by atoms with Crippen molar-refractivity contribution in [3.8, 4) is 5.75 Å². The van der Waals surface area contributed by atoms with Gasteiger partial charge in [0, 0.05) is 13.2 Å². The highest BCUT2D eigenvalue weighted by Gasteiger charge is 2.16. The van der Waals surface area contributed by atoms with Gasteiger partial charge in [0.2, 0.25) is 0 Å². The molecule has 0 atom stereocenters. The fourth-order valence-electron chi connectivity index (χ4n) is 2.63. The Kier molecular flexibility index (Phi) is 3.53. The first-order chi connectivity index (χ1) is 9.31. The number of hydrogen-bond acceptors (Lipinski definition) is 3. The summed E-state index contributed by atoms with van der Waals surface area (Å²) in [5.41, 5.74) is 0.981. The summed E-state index contributed by atoms with van der Waals surface area (Å²) in [7, 11) is 1.88. The van der Waals surface area contributed by atoms with Crippen LogP contribution in [0, 0.1) is 0 Å². The molecule has 19 heavy (non-hydrogen) atoms. The Morgan fingerprint density at radius 1 is 1.32 bits per heavy atom. The van der Waals surface area contributed by atoms with Gasteiger partial charge in [-0.25, -0.2) is 0 Å². The van der Waals surface area contributed by atoms with Crippen LogP contribution >= 0.6 is 0 Å². The highest BCUT2D eigenvalue weighted by atomic mass is 16.5. The molecule has 0 N–H and O–H groups in total. The minimum atomic E-state index is 0.505. The van der Waals surface area contributed by atoms with Crippen LogP contribution in [0.25, 0.3) is 0 Å². The number of aryl methyl sites for hydroxylation is 1. The van der Waals surface area contributed by atoms with Crippen molar-refractivity contribution in [2.45, 2.75) is 44.8 Å². The van der Waals surface area contributed by atoms with E-state index in [1.807, 2.05) is 19.3 Å². The van der Waals surface area contributed by atoms with Crippen LogP contribution < -0.4 is 4.74 Å². The Bertz CT molecular complexity index is 525. The van der Waals surface area contributed by atoms with Crippen LogP contribution in [-0.2, 0) is 13.7 Å². The van der Waals surface area contributed by atoms with Crippen LogP contribution in [0.5, 0.6) is 5.75 Å². The van der Waals surface area contributed by atoms with Crippen molar-refractivity contribution in [2.24, 2.45) is 7.05 Å². The molecule has 3 rings (SSSR count). The Balaban J connectivity index is 1.58. The molecule has 2 aromatic heterocycles. The quantitative estimate of drug-likeness (QED) is 0.849. The maximum absolute atomic E-state index is 5.65. The second kappa shape index (κ2) is 5.47. The first-order valence-corrected chi connectivity index (χ1v) is 6.97. The predicted molar refractivity (Wildman–Crippen MR) is 71.9 cm³/mol. The van der Waals surface area contributed by atoms with Crippen LogP contribution in [0.3, 0.4) is 0 Å². The third-order valence-electron chi connectivity index (χ3n) is 3.68. The summed E-state index contributed by atoms with van der Waals surface area (Å²) in [6.45, 7) is 0.505. The summed E-state index contributed by atoms with van der Waals surface area (Å²) in [5.74, 6) is 0.787. The van der Waals surface area contributed by atoms with E-state index in [4.69, 9.17) is 4.74 Å². The van der Waals surface area contributed by atoms with Crippen molar-refractivity contribution in [3.63, 3.8) is 0 Å². The van der Waals surface area contributed by atoms with Gasteiger partial charge in [-0.15, -0.1) is 0 Å². The van der Waals surface area contributed by atoms with Gasteiger partial charge in [-0.3, -0.25) is 9.36 Å². The van der Waals surface area contributed by atoms with Gasteiger partial charge in [-0.05, 0) is 18.9 Å². The molecule has 5 heteroatoms. The highest BCUT2D eigenvalue weighted by molar-refractivity contribution is 5.12. The number of nitrogens with zero attached hydrogens (tertiary/aromatic N) is 4. The Hall–Kier alpha value is -1.78. The van der Waals surface area contributed by atoms with Crippen LogP contribution in [0.15, 0.2) is 24.7 Å². The molecule has 2 aromatic rings. The van der Waals surface area contributed by atoms with Gasteiger partial charge >= 0.3 is 0 Å². The predicted octanol–water partition coefficient (Wildman–Crippen LogP) is 2.70. The second-order valence-electron chi connectivity index (χ2n) is 5.22. The van der Waals surface area contributed by atoms with Crippen molar-refractivity contribution in [1.82, 2.24) is 19.6 Å². The number of hydrogen-bond donors (Lipinski definition) is 0. The van der Waals surface area contributed by atoms with Crippen LogP contribution in [-0.4, -0.2) is 19.6 Å². The number of rotatable bonds is 4. The standard InChI is InChI=1S/C14H20N4O/c1-17-10-14(9-15-17)19-11-12-7-8-18(16-12)13-5-3-2-4-6-13/h7-10,13H,2-6,11H2,1H3. The van der Waals surface area contributed by atoms with E-state index in [9.17, 15) is 0 Å². The van der Waals surface area contributed by atoms with E-state index in [0.717, 1.165) is 11.4 Å². The minimum absolute atomic E-state index is 0.505. The van der Waals surface area contributed by atoms with Crippen LogP contribution in [0.2, 0.25) is 0 Å². The van der Waals surface area contributed by atoms with Crippen molar-refractivity contribution in [1.29, 1.82) is 0 Å². The summed E-state index contributed by atoms with van der Waals surface area (Å²) >= 11 is 0. The largest absolute Gasteiger partial charge is 0.484 e. The lowest BCUT2D eigenvalue weighted by molar-refractivity contribution is 0.291. The van der Waals surface area contributed by atoms with Gasteiger partial charge in [0.1, 0.15) is 6.61 Å². The molecule has 0 unspecified atom stereocenters. The van der Waals surface area contributed by atoms with Crippen molar-refractivity contribution in [3.05, 3.63) is 30.4 Å². The van der Waals surface area contributed by atoms with E-state index in [1.54, 1.807) is 10.9 Å². The molecule has 1 saturated carbocycles. The molecule has 0 aliphatic heterocycles. The van der Waals surface area contributed by atoms with Crippen LogP contribution in [0.1, 0.15) is 43.8 Å². The van der Waals surface area contributed by atoms with Crippen molar-refractivity contribution >= 4 is 0 Å². The van der Waals surface area contributed by atoms with Crippen molar-refractivity contribution < 1.29 is 4.74 Å². The lowest BCUT2D eigenvalue weighted by Crippen LogP contribution is -2.13. The highest BCUT2D eigenvalue weighted by Crippen LogP contribution is 2.27. The zero-order chi connectivity index (χ0) is 13.1. The van der Waals surface area contributed by atoms with E-state index in [-0.39, 0.29) is 0 Å². The summed E-state index contributed by atoms with van der Waals surface area (Å²) < 4.78 is 9.50. The molecule has 0 spiro atoms. The van der Waals surface area contributed by atoms with Gasteiger partial charge in [0.05, 0.1) is 24.1 Å². The lowest BCUT2D eigenvalue weighted by Gasteiger charge is -2.21. The first-order valence-electron chi connectivity index (χ1n) is 6.97. The molecule has 2 heterocycles. The van der Waals surface area contributed by atoms with E-state index in [1.165, 1.54) is 32.1 Å². The van der Waals surface area contributed by atoms with Crippen LogP contribution in [0.4, 0.5) is 0 Å². The monoisotopic (exact) mass is 260 g/mol. The molecule has 0 amide bonds. The molecule has 5 nitrogen and oxygen atoms in total. The zero-order valence-electron chi connectivity index (χ0n) is 11.3. The second-order valence-corrected chi connectivity index (χ2v) is 5.22. The molecule has 0 bridgehead atoms. The fourth-order valence-corrected chi connectivity index (χ4v) is 2.63. The molecule has 1 aliphatic rings. The first kappa shape index (κ1) is 12.3. The third-order valence-corrected chi connectivity index (χ3v) is 3.68. The summed E-state index contributed by atoms with van der Waals surface area (Å²) in [5, 5.41) is 8.69. The molecule has 0 aromatic carbocycles. The SMILES string of the molecule is Cn1cc(OCc2ccn(C3CCCCC3)n2)cn1. The van der Waals surface area contributed by atoms with Crippen molar-refractivity contribution in [2.75, 3.05) is 0 Å². The number of aromatic nitrogens is 4. The molecule has 1 aliphatic carbocycles. The average molecular weight is 260 g/mol. The van der Waals surface area contributed by atoms with Gasteiger partial charge in [-0.2, -0.15) is 10.2 Å². The zero-order valence-corrected chi connectivity index (χ0v) is 11.3. The van der Waals surface area contributed by atoms with E-state index < -0.39 is 0 Å². The number of ether oxygens (including phenoxy) is 1. The maximum atomic E-state index is 5.65. The molecular weight excluding hydrogens is 240 g/mol. The Morgan fingerprint density at radius 2 is 2.16 bits per heavy atom. The van der Waals surface area contributed by atoms with E-state index in [0.29, 0.717) is 12.6 Å².